The van der Waals surface area contributed by atoms with E-state index in [1.807, 2.05) is 25.1 Å². The minimum Gasteiger partial charge on any atom is -0.490 e. The number of carbonyl (C=O) groups is 1. The Kier molecular flexibility index (Phi) is 8.09. The molecule has 0 aromatic heterocycles. The molecule has 0 saturated carbocycles. The Morgan fingerprint density at radius 2 is 1.80 bits per heavy atom. The molecule has 4 aromatic carbocycles. The first-order chi connectivity index (χ1) is 19.9. The van der Waals surface area contributed by atoms with Crippen LogP contribution in [0.1, 0.15) is 39.9 Å². The summed E-state index contributed by atoms with van der Waals surface area (Å²) in [6, 6.07) is 25.2. The fourth-order valence-electron chi connectivity index (χ4n) is 4.46. The van der Waals surface area contributed by atoms with E-state index < -0.39 is 17.7 Å². The number of nitrogens with two attached hydrogens (primary N) is 1. The fraction of sp³-hybridized carbons (Fsp3) is 0.125. The molecule has 1 heterocycles. The molecular formula is C32H24ClFN2O5. The summed E-state index contributed by atoms with van der Waals surface area (Å²) in [5, 5.41) is 10.6. The number of fused-ring (bicyclic) bond motifs is 1. The van der Waals surface area contributed by atoms with Crippen LogP contribution in [0.3, 0.4) is 0 Å². The second kappa shape index (κ2) is 12.0. The lowest BCUT2D eigenvalue weighted by molar-refractivity contribution is 0.0729. The zero-order chi connectivity index (χ0) is 28.9. The van der Waals surface area contributed by atoms with Crippen molar-refractivity contribution in [3.8, 4) is 29.1 Å². The molecule has 206 valence electrons. The van der Waals surface area contributed by atoms with Gasteiger partial charge < -0.3 is 24.7 Å². The van der Waals surface area contributed by atoms with E-state index in [1.54, 1.807) is 42.5 Å². The molecule has 0 radical (unpaired) electrons. The van der Waals surface area contributed by atoms with Crippen molar-refractivity contribution in [2.45, 2.75) is 19.4 Å². The van der Waals surface area contributed by atoms with E-state index in [0.717, 1.165) is 5.56 Å². The topological polar surface area (TPSA) is 104 Å². The van der Waals surface area contributed by atoms with Gasteiger partial charge in [-0.3, -0.25) is 0 Å². The van der Waals surface area contributed by atoms with Crippen molar-refractivity contribution in [2.24, 2.45) is 5.73 Å². The molecule has 1 atom stereocenters. The average Bonchev–Trinajstić information content (AvgIpc) is 2.97. The van der Waals surface area contributed by atoms with Gasteiger partial charge in [-0.25, -0.2) is 9.18 Å². The summed E-state index contributed by atoms with van der Waals surface area (Å²) in [4.78, 5) is 12.5. The van der Waals surface area contributed by atoms with Gasteiger partial charge in [0.1, 0.15) is 35.6 Å². The third-order valence-corrected chi connectivity index (χ3v) is 6.66. The lowest BCUT2D eigenvalue weighted by Gasteiger charge is -2.27. The second-order valence-electron chi connectivity index (χ2n) is 9.05. The number of nitrogens with zero attached hydrogens (tertiary/aromatic N) is 1. The first-order valence-electron chi connectivity index (χ1n) is 12.7. The van der Waals surface area contributed by atoms with Gasteiger partial charge in [0.25, 0.3) is 0 Å². The van der Waals surface area contributed by atoms with Crippen LogP contribution < -0.4 is 24.7 Å². The van der Waals surface area contributed by atoms with Gasteiger partial charge in [-0.05, 0) is 60.5 Å². The van der Waals surface area contributed by atoms with Gasteiger partial charge in [-0.1, -0.05) is 48.0 Å². The van der Waals surface area contributed by atoms with Crippen molar-refractivity contribution in [2.75, 3.05) is 6.61 Å². The lowest BCUT2D eigenvalue weighted by atomic mass is 9.83. The third-order valence-electron chi connectivity index (χ3n) is 6.40. The van der Waals surface area contributed by atoms with Gasteiger partial charge >= 0.3 is 5.97 Å². The van der Waals surface area contributed by atoms with E-state index >= 15 is 0 Å². The van der Waals surface area contributed by atoms with Crippen LogP contribution in [0, 0.1) is 17.1 Å². The number of rotatable bonds is 8. The van der Waals surface area contributed by atoms with Crippen LogP contribution in [0.4, 0.5) is 4.39 Å². The van der Waals surface area contributed by atoms with Gasteiger partial charge in [0, 0.05) is 16.7 Å². The van der Waals surface area contributed by atoms with Crippen molar-refractivity contribution < 1.29 is 28.1 Å². The van der Waals surface area contributed by atoms with Crippen molar-refractivity contribution in [3.05, 3.63) is 129 Å². The van der Waals surface area contributed by atoms with E-state index in [9.17, 15) is 14.4 Å². The zero-order valence-electron chi connectivity index (χ0n) is 21.9. The average molecular weight is 571 g/mol. The normalized spacial score (nSPS) is 14.0. The molecule has 0 amide bonds. The number of benzene rings is 4. The van der Waals surface area contributed by atoms with Crippen molar-refractivity contribution in [3.63, 3.8) is 0 Å². The molecular weight excluding hydrogens is 547 g/mol. The molecule has 4 aromatic rings. The first kappa shape index (κ1) is 27.6. The van der Waals surface area contributed by atoms with E-state index in [2.05, 4.69) is 6.07 Å². The SMILES string of the molecule is CCOc1cc(C2C(C#N)=C(N)Oc3cc(OC(=O)c4ccccc4F)ccc32)ccc1OCc1ccc(Cl)cc1. The van der Waals surface area contributed by atoms with Gasteiger partial charge in [0.05, 0.1) is 18.1 Å². The van der Waals surface area contributed by atoms with Crippen LogP contribution in [0.5, 0.6) is 23.0 Å². The van der Waals surface area contributed by atoms with Gasteiger partial charge in [-0.15, -0.1) is 0 Å². The summed E-state index contributed by atoms with van der Waals surface area (Å²) < 4.78 is 37.1. The summed E-state index contributed by atoms with van der Waals surface area (Å²) in [6.07, 6.45) is 0. The Balaban J connectivity index is 1.45. The van der Waals surface area contributed by atoms with Crippen molar-refractivity contribution in [1.82, 2.24) is 0 Å². The maximum Gasteiger partial charge on any atom is 0.346 e. The van der Waals surface area contributed by atoms with Crippen LogP contribution in [0.25, 0.3) is 0 Å². The van der Waals surface area contributed by atoms with Gasteiger partial charge in [0.2, 0.25) is 5.88 Å². The maximum atomic E-state index is 14.1. The minimum absolute atomic E-state index is 0.0800. The monoisotopic (exact) mass is 570 g/mol. The molecule has 9 heteroatoms. The Labute approximate surface area is 241 Å². The molecule has 0 aliphatic carbocycles. The van der Waals surface area contributed by atoms with Crippen LogP contribution >= 0.6 is 11.6 Å². The highest BCUT2D eigenvalue weighted by Gasteiger charge is 2.32. The van der Waals surface area contributed by atoms with Crippen LogP contribution in [0.15, 0.2) is 96.4 Å². The van der Waals surface area contributed by atoms with Crippen molar-refractivity contribution in [1.29, 1.82) is 5.26 Å². The standard InChI is InChI=1S/C32H24ClFN2O5/c1-2-38-29-15-20(9-14-27(29)39-18-19-7-10-21(33)11-8-19)30-24-13-12-22(16-28(24)41-31(36)25(30)17-35)40-32(37)23-5-3-4-6-26(23)34/h3-16,30H,2,18,36H2,1H3. The van der Waals surface area contributed by atoms with E-state index in [-0.39, 0.29) is 22.8 Å². The third kappa shape index (κ3) is 5.96. The smallest absolute Gasteiger partial charge is 0.346 e. The van der Waals surface area contributed by atoms with Gasteiger partial charge in [-0.2, -0.15) is 5.26 Å². The second-order valence-corrected chi connectivity index (χ2v) is 9.48. The molecule has 0 fully saturated rings. The lowest BCUT2D eigenvalue weighted by Crippen LogP contribution is -2.21. The highest BCUT2D eigenvalue weighted by Crippen LogP contribution is 2.45. The first-order valence-corrected chi connectivity index (χ1v) is 13.1. The molecule has 0 bridgehead atoms. The zero-order valence-corrected chi connectivity index (χ0v) is 22.7. The molecule has 41 heavy (non-hydrogen) atoms. The predicted octanol–water partition coefficient (Wildman–Crippen LogP) is 6.89. The highest BCUT2D eigenvalue weighted by molar-refractivity contribution is 6.30. The number of ether oxygens (including phenoxy) is 4. The summed E-state index contributed by atoms with van der Waals surface area (Å²) in [5.74, 6) is -0.762. The van der Waals surface area contributed by atoms with E-state index in [4.69, 9.17) is 36.3 Å². The molecule has 5 rings (SSSR count). The molecule has 1 aliphatic rings. The summed E-state index contributed by atoms with van der Waals surface area (Å²) in [5.41, 5.74) is 8.45. The Morgan fingerprint density at radius 3 is 2.54 bits per heavy atom. The van der Waals surface area contributed by atoms with Gasteiger partial charge in [0.15, 0.2) is 11.5 Å². The number of hydrogen-bond donors (Lipinski definition) is 1. The van der Waals surface area contributed by atoms with Crippen molar-refractivity contribution >= 4 is 17.6 Å². The predicted molar refractivity (Wildman–Crippen MR) is 150 cm³/mol. The Bertz CT molecular complexity index is 1680. The van der Waals surface area contributed by atoms with Crippen LogP contribution in [0.2, 0.25) is 5.02 Å². The van der Waals surface area contributed by atoms with E-state index in [1.165, 1.54) is 24.3 Å². The minimum atomic E-state index is -0.854. The van der Waals surface area contributed by atoms with Crippen LogP contribution in [-0.4, -0.2) is 12.6 Å². The fourth-order valence-corrected chi connectivity index (χ4v) is 4.59. The highest BCUT2D eigenvalue weighted by atomic mass is 35.5. The quantitative estimate of drug-likeness (QED) is 0.182. The largest absolute Gasteiger partial charge is 0.490 e. The molecule has 0 saturated heterocycles. The molecule has 2 N–H and O–H groups in total. The maximum absolute atomic E-state index is 14.1. The van der Waals surface area contributed by atoms with E-state index in [0.29, 0.717) is 46.6 Å². The Hall–Kier alpha value is -5.00. The number of carbonyl (C=O) groups excluding carboxylic acids is 1. The number of nitriles is 1. The molecule has 0 spiro atoms. The summed E-state index contributed by atoms with van der Waals surface area (Å²) in [7, 11) is 0. The Morgan fingerprint density at radius 1 is 1.02 bits per heavy atom. The number of halogens is 2. The number of allylic oxidation sites excluding steroid dienone is 1. The number of hydrogen-bond acceptors (Lipinski definition) is 7. The summed E-state index contributed by atoms with van der Waals surface area (Å²) >= 11 is 5.98. The molecule has 7 nitrogen and oxygen atoms in total. The molecule has 1 aliphatic heterocycles. The molecule has 1 unspecified atom stereocenters. The number of esters is 1. The van der Waals surface area contributed by atoms with Crippen LogP contribution in [-0.2, 0) is 6.61 Å². The summed E-state index contributed by atoms with van der Waals surface area (Å²) in [6.45, 7) is 2.56.